The van der Waals surface area contributed by atoms with Crippen molar-refractivity contribution in [1.29, 1.82) is 0 Å². The molecule has 0 radical (unpaired) electrons. The van der Waals surface area contributed by atoms with Crippen LogP contribution in [0.15, 0.2) is 224 Å². The lowest BCUT2D eigenvalue weighted by molar-refractivity contribution is -0.172. The van der Waals surface area contributed by atoms with E-state index in [1.807, 2.05) is 164 Å². The first-order valence-electron chi connectivity index (χ1n) is 33.1. The highest BCUT2D eigenvalue weighted by molar-refractivity contribution is 5.96. The van der Waals surface area contributed by atoms with Crippen molar-refractivity contribution in [3.8, 4) is 22.9 Å². The van der Waals surface area contributed by atoms with Crippen LogP contribution >= 0.6 is 0 Å². The summed E-state index contributed by atoms with van der Waals surface area (Å²) in [7, 11) is 0. The van der Waals surface area contributed by atoms with Crippen LogP contribution in [0.25, 0.3) is 22.3 Å². The van der Waals surface area contributed by atoms with Crippen molar-refractivity contribution in [2.45, 2.75) is 111 Å². The molecule has 8 heterocycles. The van der Waals surface area contributed by atoms with Gasteiger partial charge in [-0.3, -0.25) is 39.3 Å². The van der Waals surface area contributed by atoms with Crippen LogP contribution in [0, 0.1) is 0 Å². The number of hydrogen-bond acceptors (Lipinski definition) is 15. The van der Waals surface area contributed by atoms with Crippen molar-refractivity contribution in [2.24, 2.45) is 0 Å². The normalized spacial score (nSPS) is 13.8. The van der Waals surface area contributed by atoms with E-state index < -0.39 is 17.5 Å². The number of ether oxygens (including phenoxy) is 3. The summed E-state index contributed by atoms with van der Waals surface area (Å²) in [6.07, 6.45) is 9.84. The number of nitrogens with zero attached hydrogens (tertiary/aromatic N) is 9. The third-order valence-corrected chi connectivity index (χ3v) is 18.1. The van der Waals surface area contributed by atoms with Crippen molar-refractivity contribution in [1.82, 2.24) is 44.2 Å². The van der Waals surface area contributed by atoms with E-state index in [0.29, 0.717) is 112 Å². The molecule has 5 aromatic carbocycles. The van der Waals surface area contributed by atoms with Gasteiger partial charge in [-0.15, -0.1) is 0 Å². The average Bonchev–Trinajstić information content (AvgIpc) is 1.62. The molecule has 0 spiro atoms. The van der Waals surface area contributed by atoms with Crippen molar-refractivity contribution in [2.75, 3.05) is 13.2 Å². The highest BCUT2D eigenvalue weighted by Crippen LogP contribution is 2.41. The van der Waals surface area contributed by atoms with Gasteiger partial charge in [0.2, 0.25) is 0 Å². The number of hydrogen-bond donors (Lipinski definition) is 1. The lowest BCUT2D eigenvalue weighted by atomic mass is 9.86. The maximum absolute atomic E-state index is 15.1. The Labute approximate surface area is 563 Å². The lowest BCUT2D eigenvalue weighted by Gasteiger charge is -2.31. The minimum Gasteiger partial charge on any atom is -0.494 e. The fraction of sp³-hybridized carbons (Fsp3) is 0.237. The molecular formula is C80H75N9O8. The molecule has 2 aliphatic rings. The summed E-state index contributed by atoms with van der Waals surface area (Å²) in [5, 5.41) is 12.2. The molecule has 11 aromatic rings. The SMILES string of the molecule is CCc1c2c(nc3ccc(OC(=O)c4ccc(CN(CCCCOc5cc(CN(Cc6ccccn6)Cc6ccccn6)cc(CN(Cc6ccccn6)Cc6ccccn6)c5)C(=O)c5ccccc5Cc5ccccc5)cc4)cc13)-c1cc3c(c(=O)n1C2)COC(=O)[C@]3(O)CC. The topological polar surface area (TPSA) is 195 Å². The average molecular weight is 1290 g/mol. The zero-order valence-corrected chi connectivity index (χ0v) is 54.4. The minimum atomic E-state index is -1.94. The van der Waals surface area contributed by atoms with Crippen LogP contribution < -0.4 is 15.0 Å². The number of aliphatic hydroxyl groups is 1. The third kappa shape index (κ3) is 15.1. The Kier molecular flexibility index (Phi) is 19.9. The van der Waals surface area contributed by atoms with E-state index in [1.54, 1.807) is 47.9 Å². The largest absolute Gasteiger partial charge is 0.494 e. The molecule has 2 aliphatic heterocycles. The summed E-state index contributed by atoms with van der Waals surface area (Å²) in [4.78, 5) is 86.2. The van der Waals surface area contributed by atoms with Gasteiger partial charge >= 0.3 is 11.9 Å². The Bertz CT molecular complexity index is 4470. The molecular weight excluding hydrogens is 1210 g/mol. The van der Waals surface area contributed by atoms with Gasteiger partial charge in [-0.05, 0) is 169 Å². The van der Waals surface area contributed by atoms with Gasteiger partial charge in [0.1, 0.15) is 18.1 Å². The van der Waals surface area contributed by atoms with Crippen molar-refractivity contribution in [3.05, 3.63) is 313 Å². The van der Waals surface area contributed by atoms with Gasteiger partial charge in [-0.2, -0.15) is 0 Å². The quantitative estimate of drug-likeness (QED) is 0.0290. The summed E-state index contributed by atoms with van der Waals surface area (Å²) in [5.74, 6) is -0.349. The van der Waals surface area contributed by atoms with E-state index in [1.165, 1.54) is 0 Å². The fourth-order valence-corrected chi connectivity index (χ4v) is 13.2. The van der Waals surface area contributed by atoms with Crippen LogP contribution in [-0.4, -0.2) is 80.3 Å². The van der Waals surface area contributed by atoms with Gasteiger partial charge in [0.05, 0.1) is 64.0 Å². The molecule has 1 atom stereocenters. The Morgan fingerprint density at radius 1 is 0.588 bits per heavy atom. The third-order valence-electron chi connectivity index (χ3n) is 18.1. The highest BCUT2D eigenvalue weighted by Gasteiger charge is 2.45. The van der Waals surface area contributed by atoms with Crippen LogP contribution in [0.2, 0.25) is 0 Å². The van der Waals surface area contributed by atoms with Crippen LogP contribution in [0.5, 0.6) is 11.5 Å². The summed E-state index contributed by atoms with van der Waals surface area (Å²) >= 11 is 0. The van der Waals surface area contributed by atoms with E-state index in [2.05, 4.69) is 40.1 Å². The zero-order valence-electron chi connectivity index (χ0n) is 54.4. The number of pyridine rings is 6. The van der Waals surface area contributed by atoms with Gasteiger partial charge in [0.15, 0.2) is 5.60 Å². The molecule has 97 heavy (non-hydrogen) atoms. The molecule has 17 heteroatoms. The molecule has 1 amide bonds. The standard InChI is InChI=1S/C80H75N9O8/c1-3-67-69-44-65(32-33-73(69)85-75-70(67)53-89-74(75)45-72-71(77(89)91)54-96-79(93)80(72,94)4-2)97-78(92)59-30-28-56(29-31-59)48-88(76(90)68-27-9-8-22-60(68)41-55-20-6-5-7-21-55)38-18-19-39-95-66-42-57(46-86(49-61-23-10-14-34-81-61)50-62-24-11-15-35-82-62)40-58(43-66)47-87(51-63-25-12-16-36-83-63)52-64-26-13-17-37-84-64/h5-17,20-37,40,42-45,94H,3-4,18-19,38-39,41,46-54H2,1-2H3/t80-/m0/s1. The number of aromatic nitrogens is 6. The first kappa shape index (κ1) is 64.8. The van der Waals surface area contributed by atoms with E-state index in [9.17, 15) is 19.5 Å². The molecule has 17 nitrogen and oxygen atoms in total. The Balaban J connectivity index is 0.725. The molecule has 6 aromatic heterocycles. The maximum atomic E-state index is 15.1. The van der Waals surface area contributed by atoms with Gasteiger partial charge in [0, 0.05) is 99.2 Å². The second kappa shape index (κ2) is 29.8. The lowest BCUT2D eigenvalue weighted by Crippen LogP contribution is -2.44. The number of carbonyl (C=O) groups is 3. The number of fused-ring (bicyclic) bond motifs is 5. The molecule has 0 fully saturated rings. The smallest absolute Gasteiger partial charge is 0.343 e. The molecule has 0 saturated carbocycles. The zero-order chi connectivity index (χ0) is 66.7. The van der Waals surface area contributed by atoms with Gasteiger partial charge in [-0.1, -0.05) is 105 Å². The molecule has 0 aliphatic carbocycles. The Morgan fingerprint density at radius 2 is 1.19 bits per heavy atom. The highest BCUT2D eigenvalue weighted by atomic mass is 16.6. The minimum absolute atomic E-state index is 0.0446. The van der Waals surface area contributed by atoms with Crippen LogP contribution in [-0.2, 0) is 86.9 Å². The van der Waals surface area contributed by atoms with Gasteiger partial charge in [0.25, 0.3) is 11.5 Å². The summed E-state index contributed by atoms with van der Waals surface area (Å²) in [5.41, 5.74) is 11.6. The summed E-state index contributed by atoms with van der Waals surface area (Å²) in [6, 6.07) is 62.7. The van der Waals surface area contributed by atoms with Crippen LogP contribution in [0.4, 0.5) is 0 Å². The number of esters is 2. The van der Waals surface area contributed by atoms with Crippen LogP contribution in [0.3, 0.4) is 0 Å². The number of cyclic esters (lactones) is 1. The van der Waals surface area contributed by atoms with Crippen molar-refractivity contribution < 1.29 is 33.7 Å². The molecule has 488 valence electrons. The number of amides is 1. The fourth-order valence-electron chi connectivity index (χ4n) is 13.2. The first-order valence-corrected chi connectivity index (χ1v) is 33.1. The van der Waals surface area contributed by atoms with Gasteiger partial charge in [-0.25, -0.2) is 14.6 Å². The second-order valence-corrected chi connectivity index (χ2v) is 24.8. The Hall–Kier alpha value is -10.9. The molecule has 0 bridgehead atoms. The number of rotatable bonds is 27. The van der Waals surface area contributed by atoms with E-state index in [-0.39, 0.29) is 48.7 Å². The molecule has 0 saturated heterocycles. The number of carbonyl (C=O) groups excluding carboxylic acids is 3. The van der Waals surface area contributed by atoms with Crippen molar-refractivity contribution in [3.63, 3.8) is 0 Å². The summed E-state index contributed by atoms with van der Waals surface area (Å²) in [6.45, 7) is 8.52. The van der Waals surface area contributed by atoms with Crippen molar-refractivity contribution >= 4 is 28.7 Å². The first-order chi connectivity index (χ1) is 47.4. The molecule has 1 N–H and O–H groups in total. The van der Waals surface area contributed by atoms with Gasteiger partial charge < -0.3 is 28.8 Å². The predicted molar refractivity (Wildman–Crippen MR) is 370 cm³/mol. The molecule has 13 rings (SSSR count). The number of aryl methyl sites for hydroxylation is 1. The summed E-state index contributed by atoms with van der Waals surface area (Å²) < 4.78 is 19.7. The molecule has 0 unspecified atom stereocenters. The second-order valence-electron chi connectivity index (χ2n) is 24.8. The maximum Gasteiger partial charge on any atom is 0.343 e. The van der Waals surface area contributed by atoms with E-state index in [0.717, 1.165) is 72.9 Å². The number of unbranched alkanes of at least 4 members (excludes halogenated alkanes) is 1. The number of benzene rings is 5. The van der Waals surface area contributed by atoms with E-state index >= 15 is 4.79 Å². The van der Waals surface area contributed by atoms with Crippen LogP contribution in [0.1, 0.15) is 127 Å². The predicted octanol–water partition coefficient (Wildman–Crippen LogP) is 12.9. The monoisotopic (exact) mass is 1290 g/mol. The van der Waals surface area contributed by atoms with E-state index in [4.69, 9.17) is 39.1 Å². The Morgan fingerprint density at radius 3 is 1.77 bits per heavy atom.